The zero-order chi connectivity index (χ0) is 26.6. The Balaban J connectivity index is 1.99. The zero-order valence-electron chi connectivity index (χ0n) is 23.7. The third-order valence-corrected chi connectivity index (χ3v) is 7.71. The second kappa shape index (κ2) is 11.9. The van der Waals surface area contributed by atoms with Gasteiger partial charge < -0.3 is 14.5 Å². The van der Waals surface area contributed by atoms with Gasteiger partial charge in [0, 0.05) is 38.1 Å². The predicted molar refractivity (Wildman–Crippen MR) is 152 cm³/mol. The molecule has 1 saturated carbocycles. The number of esters is 1. The molecule has 0 saturated heterocycles. The van der Waals surface area contributed by atoms with Crippen LogP contribution in [0.2, 0.25) is 0 Å². The van der Waals surface area contributed by atoms with Gasteiger partial charge in [0.05, 0.1) is 0 Å². The van der Waals surface area contributed by atoms with Gasteiger partial charge in [0.1, 0.15) is 18.0 Å². The van der Waals surface area contributed by atoms with Crippen LogP contribution in [-0.4, -0.2) is 45.1 Å². The summed E-state index contributed by atoms with van der Waals surface area (Å²) >= 11 is 0. The molecule has 2 aromatic rings. The van der Waals surface area contributed by atoms with Crippen LogP contribution in [-0.2, 0) is 9.53 Å². The van der Waals surface area contributed by atoms with Crippen LogP contribution in [0, 0.1) is 31.6 Å². The number of hydrogen-bond acceptors (Lipinski definition) is 4. The van der Waals surface area contributed by atoms with Gasteiger partial charge in [0.25, 0.3) is 0 Å². The summed E-state index contributed by atoms with van der Waals surface area (Å²) in [4.78, 5) is 22.6. The lowest BCUT2D eigenvalue weighted by Crippen LogP contribution is -2.47. The van der Waals surface area contributed by atoms with E-state index in [4.69, 9.17) is 9.73 Å². The van der Waals surface area contributed by atoms with Gasteiger partial charge in [-0.1, -0.05) is 45.4 Å². The van der Waals surface area contributed by atoms with Gasteiger partial charge in [-0.3, -0.25) is 4.99 Å². The number of carbonyl (C=O) groups excluding carboxylic acids is 1. The number of carbonyl (C=O) groups is 1. The number of rotatable bonds is 7. The summed E-state index contributed by atoms with van der Waals surface area (Å²) in [6.07, 6.45) is 3.22. The Kier molecular flexibility index (Phi) is 9.21. The molecule has 4 atom stereocenters. The van der Waals surface area contributed by atoms with Crippen molar-refractivity contribution in [1.29, 1.82) is 0 Å². The molecule has 196 valence electrons. The lowest BCUT2D eigenvalue weighted by atomic mass is 9.75. The van der Waals surface area contributed by atoms with Crippen molar-refractivity contribution in [3.8, 4) is 0 Å². The molecule has 3 rings (SSSR count). The predicted octanol–water partition coefficient (Wildman–Crippen LogP) is 6.64. The van der Waals surface area contributed by atoms with Gasteiger partial charge in [-0.25, -0.2) is 4.79 Å². The summed E-state index contributed by atoms with van der Waals surface area (Å²) in [5.41, 5.74) is 5.36. The molecular weight excluding hydrogens is 446 g/mol. The maximum atomic E-state index is 13.7. The minimum Gasteiger partial charge on any atom is -0.461 e. The Morgan fingerprint density at radius 3 is 2.28 bits per heavy atom. The molecule has 5 heteroatoms. The zero-order valence-corrected chi connectivity index (χ0v) is 23.7. The highest BCUT2D eigenvalue weighted by Crippen LogP contribution is 2.36. The highest BCUT2D eigenvalue weighted by Gasteiger charge is 2.36. The Morgan fingerprint density at radius 1 is 1.00 bits per heavy atom. The summed E-state index contributed by atoms with van der Waals surface area (Å²) in [5, 5.41) is 0. The van der Waals surface area contributed by atoms with Crippen molar-refractivity contribution in [3.05, 3.63) is 59.2 Å². The number of benzene rings is 2. The molecule has 1 aliphatic carbocycles. The van der Waals surface area contributed by atoms with Gasteiger partial charge in [0.2, 0.25) is 0 Å². The molecule has 0 bridgehead atoms. The SMILES string of the molecule is CN=C(c1ccc(N(C)C)c(C)c1)N(c1ccccc1C)[C@H](C)C(=O)O[C@@H]1C[C@H](C)CC[C@H]1C(C)C. The summed E-state index contributed by atoms with van der Waals surface area (Å²) < 4.78 is 6.30. The number of aryl methyl sites for hydroxylation is 2. The fourth-order valence-corrected chi connectivity index (χ4v) is 5.62. The molecule has 36 heavy (non-hydrogen) atoms. The van der Waals surface area contributed by atoms with Crippen molar-refractivity contribution in [3.63, 3.8) is 0 Å². The van der Waals surface area contributed by atoms with E-state index in [2.05, 4.69) is 74.8 Å². The summed E-state index contributed by atoms with van der Waals surface area (Å²) in [5.74, 6) is 2.05. The molecular formula is C31H45N3O2. The molecule has 0 aliphatic heterocycles. The Labute approximate surface area is 218 Å². The van der Waals surface area contributed by atoms with E-state index >= 15 is 0 Å². The lowest BCUT2D eigenvalue weighted by molar-refractivity contribution is -0.156. The fraction of sp³-hybridized carbons (Fsp3) is 0.548. The van der Waals surface area contributed by atoms with E-state index in [1.165, 1.54) is 6.42 Å². The normalized spacial score (nSPS) is 21.3. The maximum absolute atomic E-state index is 13.7. The van der Waals surface area contributed by atoms with Gasteiger partial charge in [0.15, 0.2) is 0 Å². The fourth-order valence-electron chi connectivity index (χ4n) is 5.62. The maximum Gasteiger partial charge on any atom is 0.329 e. The minimum atomic E-state index is -0.524. The van der Waals surface area contributed by atoms with E-state index in [0.717, 1.165) is 46.7 Å². The number of anilines is 2. The summed E-state index contributed by atoms with van der Waals surface area (Å²) in [7, 11) is 5.89. The molecule has 5 nitrogen and oxygen atoms in total. The van der Waals surface area contributed by atoms with Crippen LogP contribution in [0.4, 0.5) is 11.4 Å². The Hall–Kier alpha value is -2.82. The van der Waals surface area contributed by atoms with E-state index in [0.29, 0.717) is 17.8 Å². The molecule has 2 aromatic carbocycles. The van der Waals surface area contributed by atoms with Crippen molar-refractivity contribution in [1.82, 2.24) is 0 Å². The number of amidine groups is 1. The first kappa shape index (κ1) is 27.8. The van der Waals surface area contributed by atoms with Crippen LogP contribution in [0.5, 0.6) is 0 Å². The number of nitrogens with zero attached hydrogens (tertiary/aromatic N) is 3. The average Bonchev–Trinajstić information content (AvgIpc) is 2.82. The molecule has 0 amide bonds. The molecule has 0 radical (unpaired) electrons. The van der Waals surface area contributed by atoms with E-state index in [1.807, 2.05) is 33.2 Å². The summed E-state index contributed by atoms with van der Waals surface area (Å²) in [6.45, 7) is 12.9. The smallest absolute Gasteiger partial charge is 0.329 e. The number of para-hydroxylation sites is 1. The quantitative estimate of drug-likeness (QED) is 0.247. The minimum absolute atomic E-state index is 0.0361. The van der Waals surface area contributed by atoms with Crippen LogP contribution < -0.4 is 9.80 Å². The van der Waals surface area contributed by atoms with Crippen LogP contribution in [0.15, 0.2) is 47.5 Å². The standard InChI is InChI=1S/C31H45N3O2/c1-20(2)26-16-14-21(3)18-29(26)36-31(35)24(6)34(28-13-11-10-12-22(28)4)30(32-7)25-15-17-27(33(8)9)23(5)19-25/h10-13,15,17,19-21,24,26,29H,14,16,18H2,1-9H3/t21-,24-,26+,29-/m1/s1. The first-order chi connectivity index (χ1) is 17.0. The molecule has 0 heterocycles. The largest absolute Gasteiger partial charge is 0.461 e. The Morgan fingerprint density at radius 2 is 1.69 bits per heavy atom. The molecule has 0 N–H and O–H groups in total. The number of hydrogen-bond donors (Lipinski definition) is 0. The van der Waals surface area contributed by atoms with Gasteiger partial charge in [-0.05, 0) is 86.8 Å². The topological polar surface area (TPSA) is 45.1 Å². The Bertz CT molecular complexity index is 1080. The van der Waals surface area contributed by atoms with E-state index in [9.17, 15) is 4.79 Å². The molecule has 0 aromatic heterocycles. The molecule has 1 fully saturated rings. The first-order valence-electron chi connectivity index (χ1n) is 13.4. The van der Waals surface area contributed by atoms with Crippen molar-refractivity contribution >= 4 is 23.2 Å². The molecule has 0 spiro atoms. The first-order valence-corrected chi connectivity index (χ1v) is 13.4. The van der Waals surface area contributed by atoms with Gasteiger partial charge >= 0.3 is 5.97 Å². The highest BCUT2D eigenvalue weighted by atomic mass is 16.5. The average molecular weight is 492 g/mol. The van der Waals surface area contributed by atoms with Crippen molar-refractivity contribution in [2.75, 3.05) is 30.9 Å². The number of ether oxygens (including phenoxy) is 1. The summed E-state index contributed by atoms with van der Waals surface area (Å²) in [6, 6.07) is 14.0. The van der Waals surface area contributed by atoms with Crippen molar-refractivity contribution in [2.45, 2.75) is 73.0 Å². The molecule has 0 unspecified atom stereocenters. The van der Waals surface area contributed by atoms with Gasteiger partial charge in [-0.2, -0.15) is 0 Å². The van der Waals surface area contributed by atoms with E-state index < -0.39 is 6.04 Å². The third kappa shape index (κ3) is 6.11. The van der Waals surface area contributed by atoms with Crippen LogP contribution in [0.3, 0.4) is 0 Å². The van der Waals surface area contributed by atoms with Crippen molar-refractivity contribution in [2.24, 2.45) is 22.7 Å². The third-order valence-electron chi connectivity index (χ3n) is 7.71. The number of aliphatic imine (C=N–C) groups is 1. The monoisotopic (exact) mass is 491 g/mol. The second-order valence-corrected chi connectivity index (χ2v) is 11.1. The van der Waals surface area contributed by atoms with Gasteiger partial charge in [-0.15, -0.1) is 0 Å². The van der Waals surface area contributed by atoms with E-state index in [-0.39, 0.29) is 12.1 Å². The lowest BCUT2D eigenvalue weighted by Gasteiger charge is -2.38. The van der Waals surface area contributed by atoms with Crippen LogP contribution >= 0.6 is 0 Å². The van der Waals surface area contributed by atoms with Crippen LogP contribution in [0.1, 0.15) is 63.6 Å². The highest BCUT2D eigenvalue weighted by molar-refractivity contribution is 6.13. The van der Waals surface area contributed by atoms with Crippen LogP contribution in [0.25, 0.3) is 0 Å². The van der Waals surface area contributed by atoms with E-state index in [1.54, 1.807) is 7.05 Å². The molecule has 1 aliphatic rings. The second-order valence-electron chi connectivity index (χ2n) is 11.1. The van der Waals surface area contributed by atoms with Crippen molar-refractivity contribution < 1.29 is 9.53 Å².